The predicted molar refractivity (Wildman–Crippen MR) is 148 cm³/mol. The van der Waals surface area contributed by atoms with Crippen LogP contribution in [0.2, 0.25) is 0 Å². The van der Waals surface area contributed by atoms with Gasteiger partial charge in [-0.25, -0.2) is 4.99 Å². The lowest BCUT2D eigenvalue weighted by atomic mass is 10.2. The van der Waals surface area contributed by atoms with Crippen molar-refractivity contribution in [3.63, 3.8) is 0 Å². The molecule has 1 amide bonds. The molecule has 8 heteroatoms. The molecule has 36 heavy (non-hydrogen) atoms. The maximum atomic E-state index is 13.9. The minimum absolute atomic E-state index is 0.0462. The van der Waals surface area contributed by atoms with Crippen LogP contribution in [0, 0.1) is 0 Å². The first-order valence-corrected chi connectivity index (χ1v) is 13.1. The molecule has 0 radical (unpaired) electrons. The van der Waals surface area contributed by atoms with E-state index in [1.165, 1.54) is 11.8 Å². The molecule has 1 fully saturated rings. The van der Waals surface area contributed by atoms with Crippen LogP contribution in [0.25, 0.3) is 10.9 Å². The summed E-state index contributed by atoms with van der Waals surface area (Å²) in [6.45, 7) is 0.445. The van der Waals surface area contributed by atoms with E-state index in [1.807, 2.05) is 85.9 Å². The van der Waals surface area contributed by atoms with Crippen LogP contribution in [0.3, 0.4) is 0 Å². The first-order chi connectivity index (χ1) is 17.6. The quantitative estimate of drug-likeness (QED) is 0.296. The number of aromatic nitrogens is 1. The second kappa shape index (κ2) is 9.37. The summed E-state index contributed by atoms with van der Waals surface area (Å²) in [6.07, 6.45) is 1.77. The number of rotatable bonds is 4. The van der Waals surface area contributed by atoms with Crippen molar-refractivity contribution >= 4 is 56.9 Å². The number of benzene rings is 3. The van der Waals surface area contributed by atoms with E-state index in [1.54, 1.807) is 30.0 Å². The minimum atomic E-state index is -0.0462. The van der Waals surface area contributed by atoms with Gasteiger partial charge in [-0.1, -0.05) is 48.2 Å². The summed E-state index contributed by atoms with van der Waals surface area (Å²) in [5.41, 5.74) is 3.74. The highest BCUT2D eigenvalue weighted by molar-refractivity contribution is 8.19. The van der Waals surface area contributed by atoms with Gasteiger partial charge in [-0.2, -0.15) is 0 Å². The van der Waals surface area contributed by atoms with Crippen LogP contribution < -0.4 is 9.64 Å². The smallest absolute Gasteiger partial charge is 0.269 e. The lowest BCUT2D eigenvalue weighted by molar-refractivity contribution is -0.122. The Morgan fingerprint density at radius 2 is 1.83 bits per heavy atom. The number of hydrogen-bond acceptors (Lipinski definition) is 7. The van der Waals surface area contributed by atoms with Crippen LogP contribution in [-0.4, -0.2) is 35.1 Å². The number of fused-ring (bicyclic) bond motifs is 2. The number of nitrogens with zero attached hydrogens (tertiary/aromatic N) is 4. The Labute approximate surface area is 217 Å². The van der Waals surface area contributed by atoms with Crippen LogP contribution in [0.15, 0.2) is 105 Å². The number of methoxy groups -OCH3 is 1. The molecule has 3 aromatic carbocycles. The molecule has 6 nitrogen and oxygen atoms in total. The van der Waals surface area contributed by atoms with E-state index >= 15 is 0 Å². The molecular formula is C28H22N4O2S2. The van der Waals surface area contributed by atoms with Crippen molar-refractivity contribution in [1.82, 2.24) is 9.88 Å². The van der Waals surface area contributed by atoms with Gasteiger partial charge in [-0.3, -0.25) is 14.7 Å². The molecule has 2 aliphatic heterocycles. The molecule has 2 aliphatic rings. The number of aliphatic imine (C=N–C) groups is 1. The fourth-order valence-corrected chi connectivity index (χ4v) is 6.58. The highest BCUT2D eigenvalue weighted by Crippen LogP contribution is 2.51. The Morgan fingerprint density at radius 1 is 0.972 bits per heavy atom. The largest absolute Gasteiger partial charge is 0.497 e. The lowest BCUT2D eigenvalue weighted by Crippen LogP contribution is -2.29. The Hall–Kier alpha value is -3.75. The maximum absolute atomic E-state index is 13.9. The first-order valence-electron chi connectivity index (χ1n) is 11.4. The zero-order chi connectivity index (χ0) is 24.6. The van der Waals surface area contributed by atoms with Crippen molar-refractivity contribution in [3.8, 4) is 5.75 Å². The highest BCUT2D eigenvalue weighted by atomic mass is 32.2. The molecule has 6 rings (SSSR count). The van der Waals surface area contributed by atoms with Crippen molar-refractivity contribution in [3.05, 3.63) is 101 Å². The van der Waals surface area contributed by atoms with Crippen LogP contribution in [0.1, 0.15) is 5.56 Å². The predicted octanol–water partition coefficient (Wildman–Crippen LogP) is 6.42. The third-order valence-corrected chi connectivity index (χ3v) is 8.55. The van der Waals surface area contributed by atoms with E-state index in [-0.39, 0.29) is 5.91 Å². The monoisotopic (exact) mass is 510 g/mol. The molecule has 0 aliphatic carbocycles. The van der Waals surface area contributed by atoms with Crippen LogP contribution in [0.4, 0.5) is 11.4 Å². The molecule has 0 saturated carbocycles. The number of pyridine rings is 1. The average Bonchev–Trinajstić information content (AvgIpc) is 3.40. The topological polar surface area (TPSA) is 58.0 Å². The van der Waals surface area contributed by atoms with E-state index < -0.39 is 0 Å². The van der Waals surface area contributed by atoms with Gasteiger partial charge in [0.25, 0.3) is 5.91 Å². The number of ether oxygens (including phenoxy) is 1. The van der Waals surface area contributed by atoms with Gasteiger partial charge in [0.05, 0.1) is 35.6 Å². The number of carbonyl (C=O) groups is 1. The van der Waals surface area contributed by atoms with Crippen LogP contribution in [0.5, 0.6) is 5.75 Å². The van der Waals surface area contributed by atoms with Crippen molar-refractivity contribution in [2.75, 3.05) is 19.1 Å². The SMILES string of the molecule is COc1ccc2c(c1)N(C)C(=C1SC(=Nc3cccc4ncccc34)N(Cc3ccccc3)C1=O)S2. The van der Waals surface area contributed by atoms with E-state index in [4.69, 9.17) is 9.73 Å². The molecule has 4 aromatic rings. The zero-order valence-corrected chi connectivity index (χ0v) is 21.3. The number of amides is 1. The number of hydrogen-bond donors (Lipinski definition) is 0. The maximum Gasteiger partial charge on any atom is 0.269 e. The van der Waals surface area contributed by atoms with Gasteiger partial charge in [0, 0.05) is 29.6 Å². The Kier molecular flexibility index (Phi) is 5.91. The second-order valence-electron chi connectivity index (χ2n) is 8.35. The molecule has 3 heterocycles. The second-order valence-corrected chi connectivity index (χ2v) is 10.4. The highest BCUT2D eigenvalue weighted by Gasteiger charge is 2.39. The standard InChI is InChI=1S/C28H22N4O2S2/c1-31-23-16-19(34-2)13-14-24(23)35-27(31)25-26(33)32(17-18-8-4-3-5-9-18)28(36-25)30-22-12-6-11-21-20(22)10-7-15-29-21/h3-16H,17H2,1-2H3. The first kappa shape index (κ1) is 22.7. The summed E-state index contributed by atoms with van der Waals surface area (Å²) >= 11 is 3.02. The number of anilines is 1. The number of amidine groups is 1. The molecule has 1 aromatic heterocycles. The van der Waals surface area contributed by atoms with Gasteiger partial charge in [-0.05, 0) is 53.7 Å². The van der Waals surface area contributed by atoms with E-state index in [2.05, 4.69) is 9.88 Å². The van der Waals surface area contributed by atoms with E-state index in [0.29, 0.717) is 16.6 Å². The summed E-state index contributed by atoms with van der Waals surface area (Å²) in [5, 5.41) is 2.51. The van der Waals surface area contributed by atoms with E-state index in [9.17, 15) is 4.79 Å². The molecule has 1 saturated heterocycles. The fraction of sp³-hybridized carbons (Fsp3) is 0.107. The van der Waals surface area contributed by atoms with Crippen LogP contribution in [-0.2, 0) is 11.3 Å². The Bertz CT molecular complexity index is 1550. The Morgan fingerprint density at radius 3 is 2.67 bits per heavy atom. The molecule has 0 bridgehead atoms. The van der Waals surface area contributed by atoms with Gasteiger partial charge in [0.15, 0.2) is 5.17 Å². The third kappa shape index (κ3) is 4.02. The summed E-state index contributed by atoms with van der Waals surface area (Å²) in [7, 11) is 3.65. The fourth-order valence-electron chi connectivity index (χ4n) is 4.26. The van der Waals surface area contributed by atoms with Crippen LogP contribution >= 0.6 is 23.5 Å². The summed E-state index contributed by atoms with van der Waals surface area (Å²) < 4.78 is 5.42. The lowest BCUT2D eigenvalue weighted by Gasteiger charge is -2.17. The van der Waals surface area contributed by atoms with Gasteiger partial charge in [0.2, 0.25) is 0 Å². The summed E-state index contributed by atoms with van der Waals surface area (Å²) in [4.78, 5) is 28.9. The van der Waals surface area contributed by atoms with Crippen molar-refractivity contribution in [1.29, 1.82) is 0 Å². The van der Waals surface area contributed by atoms with Gasteiger partial charge in [0.1, 0.15) is 10.7 Å². The van der Waals surface area contributed by atoms with Crippen molar-refractivity contribution in [2.24, 2.45) is 4.99 Å². The molecular weight excluding hydrogens is 488 g/mol. The van der Waals surface area contributed by atoms with E-state index in [0.717, 1.165) is 43.5 Å². The molecule has 0 unspecified atom stereocenters. The third-order valence-electron chi connectivity index (χ3n) is 6.12. The molecule has 0 atom stereocenters. The van der Waals surface area contributed by atoms with Crippen molar-refractivity contribution in [2.45, 2.75) is 11.4 Å². The Balaban J connectivity index is 1.44. The van der Waals surface area contributed by atoms with Crippen molar-refractivity contribution < 1.29 is 9.53 Å². The summed E-state index contributed by atoms with van der Waals surface area (Å²) in [5.74, 6) is 0.741. The van der Waals surface area contributed by atoms with Gasteiger partial charge < -0.3 is 9.64 Å². The molecule has 178 valence electrons. The zero-order valence-electron chi connectivity index (χ0n) is 19.7. The summed E-state index contributed by atoms with van der Waals surface area (Å²) in [6, 6.07) is 25.8. The van der Waals surface area contributed by atoms with Gasteiger partial charge in [-0.15, -0.1) is 0 Å². The minimum Gasteiger partial charge on any atom is -0.497 e. The molecule has 0 N–H and O–H groups in total. The van der Waals surface area contributed by atoms with Gasteiger partial charge >= 0.3 is 0 Å². The average molecular weight is 511 g/mol. The molecule has 0 spiro atoms. The number of carbonyl (C=O) groups excluding carboxylic acids is 1. The number of thioether (sulfide) groups is 2. The normalized spacial score (nSPS) is 18.4.